The summed E-state index contributed by atoms with van der Waals surface area (Å²) in [5.74, 6) is 1.07. The van der Waals surface area contributed by atoms with Gasteiger partial charge in [0.2, 0.25) is 0 Å². The summed E-state index contributed by atoms with van der Waals surface area (Å²) in [7, 11) is 3.18. The van der Waals surface area contributed by atoms with Crippen LogP contribution < -0.4 is 25.4 Å². The van der Waals surface area contributed by atoms with Crippen molar-refractivity contribution in [3.8, 4) is 11.5 Å². The largest absolute Gasteiger partial charge is 0.497 e. The van der Waals surface area contributed by atoms with Gasteiger partial charge in [0.05, 0.1) is 25.8 Å². The Morgan fingerprint density at radius 2 is 1.83 bits per heavy atom. The Hall–Kier alpha value is -3.06. The highest BCUT2D eigenvalue weighted by Crippen LogP contribution is 2.36. The van der Waals surface area contributed by atoms with Gasteiger partial charge in [-0.25, -0.2) is 0 Å². The molecule has 0 bridgehead atoms. The second-order valence-corrected chi connectivity index (χ2v) is 7.36. The van der Waals surface area contributed by atoms with E-state index in [9.17, 15) is 4.79 Å². The van der Waals surface area contributed by atoms with E-state index in [4.69, 9.17) is 21.7 Å². The van der Waals surface area contributed by atoms with Crippen molar-refractivity contribution in [3.05, 3.63) is 64.4 Å². The average Bonchev–Trinajstić information content (AvgIpc) is 2.69. The van der Waals surface area contributed by atoms with Crippen molar-refractivity contribution in [3.63, 3.8) is 0 Å². The fourth-order valence-electron chi connectivity index (χ4n) is 3.35. The van der Waals surface area contributed by atoms with Crippen LogP contribution >= 0.6 is 12.2 Å². The Labute approximate surface area is 176 Å². The smallest absolute Gasteiger partial charge is 0.255 e. The maximum absolute atomic E-state index is 13.3. The number of carbonyl (C=O) groups excluding carboxylic acids is 1. The summed E-state index contributed by atoms with van der Waals surface area (Å²) in [5.41, 5.74) is 4.88. The van der Waals surface area contributed by atoms with Gasteiger partial charge in [-0.3, -0.25) is 4.79 Å². The summed E-state index contributed by atoms with van der Waals surface area (Å²) in [4.78, 5) is 13.3. The number of thiocarbonyl (C=S) groups is 1. The summed E-state index contributed by atoms with van der Waals surface area (Å²) in [6.45, 7) is 5.80. The molecule has 0 spiro atoms. The number of allylic oxidation sites excluding steroid dienone is 1. The molecule has 3 rings (SSSR count). The molecular formula is C22H25N3O3S. The number of aryl methyl sites for hydroxylation is 2. The standard InChI is InChI=1S/C22H25N3O3S/c1-12-6-7-13(2)17(10-12)24-21(26)19-14(3)23-22(29)25-20(19)16-9-8-15(27-4)11-18(16)28-5/h6-11,20H,1-5H3,(H,24,26)(H2,23,25,29)/t20-/m1/s1. The van der Waals surface area contributed by atoms with Gasteiger partial charge in [0.25, 0.3) is 5.91 Å². The molecule has 0 aliphatic carbocycles. The van der Waals surface area contributed by atoms with Crippen LogP contribution in [-0.2, 0) is 4.79 Å². The number of ether oxygens (including phenoxy) is 2. The predicted octanol–water partition coefficient (Wildman–Crippen LogP) is 3.75. The Morgan fingerprint density at radius 1 is 1.07 bits per heavy atom. The summed E-state index contributed by atoms with van der Waals surface area (Å²) in [6, 6.07) is 11.0. The Morgan fingerprint density at radius 3 is 2.52 bits per heavy atom. The maximum atomic E-state index is 13.3. The van der Waals surface area contributed by atoms with Crippen LogP contribution in [0.3, 0.4) is 0 Å². The number of hydrogen-bond donors (Lipinski definition) is 3. The molecule has 0 saturated heterocycles. The molecule has 2 aromatic carbocycles. The van der Waals surface area contributed by atoms with E-state index in [0.29, 0.717) is 27.9 Å². The van der Waals surface area contributed by atoms with E-state index in [0.717, 1.165) is 22.4 Å². The van der Waals surface area contributed by atoms with Crippen LogP contribution in [0.15, 0.2) is 47.7 Å². The lowest BCUT2D eigenvalue weighted by molar-refractivity contribution is -0.113. The lowest BCUT2D eigenvalue weighted by Crippen LogP contribution is -2.45. The third-order valence-electron chi connectivity index (χ3n) is 4.91. The first kappa shape index (κ1) is 20.7. The highest BCUT2D eigenvalue weighted by molar-refractivity contribution is 7.80. The fourth-order valence-corrected chi connectivity index (χ4v) is 3.62. The summed E-state index contributed by atoms with van der Waals surface area (Å²) < 4.78 is 10.8. The van der Waals surface area contributed by atoms with E-state index in [1.54, 1.807) is 20.3 Å². The van der Waals surface area contributed by atoms with Crippen molar-refractivity contribution >= 4 is 28.9 Å². The quantitative estimate of drug-likeness (QED) is 0.651. The number of benzene rings is 2. The minimum absolute atomic E-state index is 0.207. The summed E-state index contributed by atoms with van der Waals surface area (Å²) >= 11 is 5.34. The van der Waals surface area contributed by atoms with Gasteiger partial charge in [-0.1, -0.05) is 12.1 Å². The summed E-state index contributed by atoms with van der Waals surface area (Å²) in [5, 5.41) is 9.75. The van der Waals surface area contributed by atoms with Crippen LogP contribution in [0.25, 0.3) is 0 Å². The first-order chi connectivity index (χ1) is 13.8. The zero-order valence-corrected chi connectivity index (χ0v) is 18.0. The van der Waals surface area contributed by atoms with Gasteiger partial charge in [0.15, 0.2) is 5.11 Å². The van der Waals surface area contributed by atoms with Gasteiger partial charge in [-0.15, -0.1) is 0 Å². The minimum Gasteiger partial charge on any atom is -0.497 e. The van der Waals surface area contributed by atoms with Crippen LogP contribution in [0, 0.1) is 13.8 Å². The number of anilines is 1. The van der Waals surface area contributed by atoms with Crippen LogP contribution in [0.2, 0.25) is 0 Å². The van der Waals surface area contributed by atoms with Gasteiger partial charge >= 0.3 is 0 Å². The number of amides is 1. The molecule has 0 fully saturated rings. The second-order valence-electron chi connectivity index (χ2n) is 6.95. The fraction of sp³-hybridized carbons (Fsp3) is 0.273. The molecule has 2 aromatic rings. The predicted molar refractivity (Wildman–Crippen MR) is 118 cm³/mol. The van der Waals surface area contributed by atoms with E-state index >= 15 is 0 Å². The highest BCUT2D eigenvalue weighted by atomic mass is 32.1. The van der Waals surface area contributed by atoms with Crippen molar-refractivity contribution in [1.29, 1.82) is 0 Å². The molecule has 0 aromatic heterocycles. The van der Waals surface area contributed by atoms with Crippen molar-refractivity contribution < 1.29 is 14.3 Å². The lowest BCUT2D eigenvalue weighted by Gasteiger charge is -2.31. The lowest BCUT2D eigenvalue weighted by atomic mass is 9.94. The monoisotopic (exact) mass is 411 g/mol. The Kier molecular flexibility index (Phi) is 6.08. The SMILES string of the molecule is COc1ccc([C@H]2NC(=S)NC(C)=C2C(=O)Nc2cc(C)ccc2C)c(OC)c1. The molecule has 0 radical (unpaired) electrons. The molecule has 29 heavy (non-hydrogen) atoms. The summed E-state index contributed by atoms with van der Waals surface area (Å²) in [6.07, 6.45) is 0. The van der Waals surface area contributed by atoms with E-state index in [1.807, 2.05) is 51.1 Å². The van der Waals surface area contributed by atoms with Crippen LogP contribution in [0.1, 0.15) is 29.7 Å². The van der Waals surface area contributed by atoms with E-state index < -0.39 is 6.04 Å². The molecule has 1 amide bonds. The molecule has 7 heteroatoms. The van der Waals surface area contributed by atoms with Crippen molar-refractivity contribution in [1.82, 2.24) is 10.6 Å². The third kappa shape index (κ3) is 4.35. The number of rotatable bonds is 5. The topological polar surface area (TPSA) is 71.6 Å². The van der Waals surface area contributed by atoms with Crippen LogP contribution in [0.4, 0.5) is 5.69 Å². The molecule has 1 heterocycles. The number of methoxy groups -OCH3 is 2. The maximum Gasteiger partial charge on any atom is 0.255 e. The van der Waals surface area contributed by atoms with Gasteiger partial charge in [0, 0.05) is 23.0 Å². The average molecular weight is 412 g/mol. The van der Waals surface area contributed by atoms with Crippen molar-refractivity contribution in [2.75, 3.05) is 19.5 Å². The van der Waals surface area contributed by atoms with Gasteiger partial charge < -0.3 is 25.4 Å². The van der Waals surface area contributed by atoms with Crippen LogP contribution in [0.5, 0.6) is 11.5 Å². The van der Waals surface area contributed by atoms with E-state index in [-0.39, 0.29) is 5.91 Å². The first-order valence-electron chi connectivity index (χ1n) is 9.23. The number of carbonyl (C=O) groups is 1. The van der Waals surface area contributed by atoms with Crippen LogP contribution in [-0.4, -0.2) is 25.2 Å². The Bertz CT molecular complexity index is 1000. The van der Waals surface area contributed by atoms with Gasteiger partial charge in [-0.05, 0) is 62.3 Å². The molecule has 1 atom stereocenters. The first-order valence-corrected chi connectivity index (χ1v) is 9.63. The van der Waals surface area contributed by atoms with E-state index in [2.05, 4.69) is 16.0 Å². The van der Waals surface area contributed by atoms with Gasteiger partial charge in [-0.2, -0.15) is 0 Å². The normalized spacial score (nSPS) is 16.0. The zero-order chi connectivity index (χ0) is 21.1. The molecule has 0 saturated carbocycles. The number of hydrogen-bond acceptors (Lipinski definition) is 4. The molecule has 6 nitrogen and oxygen atoms in total. The van der Waals surface area contributed by atoms with E-state index in [1.165, 1.54) is 0 Å². The zero-order valence-electron chi connectivity index (χ0n) is 17.2. The Balaban J connectivity index is 2.02. The molecule has 1 aliphatic rings. The molecule has 1 aliphatic heterocycles. The minimum atomic E-state index is -0.463. The molecule has 0 unspecified atom stereocenters. The van der Waals surface area contributed by atoms with Crippen molar-refractivity contribution in [2.24, 2.45) is 0 Å². The molecule has 152 valence electrons. The van der Waals surface area contributed by atoms with Gasteiger partial charge in [0.1, 0.15) is 11.5 Å². The third-order valence-corrected chi connectivity index (χ3v) is 5.13. The second kappa shape index (κ2) is 8.53. The number of nitrogens with one attached hydrogen (secondary N) is 3. The molecule has 3 N–H and O–H groups in total. The van der Waals surface area contributed by atoms with Crippen molar-refractivity contribution in [2.45, 2.75) is 26.8 Å². The molecular weight excluding hydrogens is 386 g/mol. The highest BCUT2D eigenvalue weighted by Gasteiger charge is 2.32.